The number of nitrogens with one attached hydrogen (secondary N) is 4. The van der Waals surface area contributed by atoms with E-state index in [1.165, 1.54) is 6.20 Å². The van der Waals surface area contributed by atoms with Crippen LogP contribution in [0.4, 0.5) is 21.0 Å². The van der Waals surface area contributed by atoms with Gasteiger partial charge in [0.05, 0.1) is 18.4 Å². The van der Waals surface area contributed by atoms with Crippen molar-refractivity contribution in [2.45, 2.75) is 50.3 Å². The Kier molecular flexibility index (Phi) is 7.79. The third-order valence-corrected chi connectivity index (χ3v) is 6.64. The number of halogens is 2. The minimum absolute atomic E-state index is 0.00582. The van der Waals surface area contributed by atoms with Crippen LogP contribution in [0, 0.1) is 0 Å². The normalized spacial score (nSPS) is 22.2. The number of amides is 3. The van der Waals surface area contributed by atoms with E-state index in [4.69, 9.17) is 27.9 Å². The highest BCUT2D eigenvalue weighted by Crippen LogP contribution is 2.26. The van der Waals surface area contributed by atoms with Gasteiger partial charge in [-0.2, -0.15) is 5.10 Å². The number of hydrogen-bond acceptors (Lipinski definition) is 6. The Morgan fingerprint density at radius 3 is 2.41 bits per heavy atom. The van der Waals surface area contributed by atoms with E-state index < -0.39 is 11.7 Å². The largest absolute Gasteiger partial charge is 0.444 e. The van der Waals surface area contributed by atoms with Crippen molar-refractivity contribution < 1.29 is 14.3 Å². The van der Waals surface area contributed by atoms with Gasteiger partial charge in [0.15, 0.2) is 0 Å². The number of H-pyrrole nitrogens is 1. The SMILES string of the molecule is O=C(Nc1ccc(Cl)cc1)N[C@H]1CC[C@H](NC(=O)O[C@@H]2CCN(c3cn[nH]c(=O)c3Cl)C2)CC1. The van der Waals surface area contributed by atoms with Crippen LogP contribution in [0.25, 0.3) is 0 Å². The van der Waals surface area contributed by atoms with E-state index in [1.54, 1.807) is 24.3 Å². The first-order valence-corrected chi connectivity index (χ1v) is 11.9. The molecule has 1 aromatic carbocycles. The minimum atomic E-state index is -0.459. The topological polar surface area (TPSA) is 128 Å². The van der Waals surface area contributed by atoms with E-state index in [0.717, 1.165) is 25.7 Å². The molecule has 4 N–H and O–H groups in total. The van der Waals surface area contributed by atoms with Crippen molar-refractivity contribution in [3.63, 3.8) is 0 Å². The third-order valence-electron chi connectivity index (χ3n) is 6.02. The van der Waals surface area contributed by atoms with Crippen LogP contribution in [-0.4, -0.2) is 53.6 Å². The smallest absolute Gasteiger partial charge is 0.407 e. The zero-order chi connectivity index (χ0) is 24.1. The maximum atomic E-state index is 12.4. The minimum Gasteiger partial charge on any atom is -0.444 e. The summed E-state index contributed by atoms with van der Waals surface area (Å²) in [6.07, 6.45) is 4.36. The van der Waals surface area contributed by atoms with Crippen LogP contribution < -0.4 is 26.4 Å². The van der Waals surface area contributed by atoms with Gasteiger partial charge in [-0.15, -0.1) is 0 Å². The summed E-state index contributed by atoms with van der Waals surface area (Å²) in [6.45, 7) is 1.05. The Morgan fingerprint density at radius 2 is 1.71 bits per heavy atom. The monoisotopic (exact) mass is 508 g/mol. The zero-order valence-corrected chi connectivity index (χ0v) is 19.9. The standard InChI is InChI=1S/C22H26Cl2N6O4/c23-13-1-3-14(4-2-13)26-21(32)27-15-5-7-16(8-6-15)28-22(33)34-17-9-10-30(12-17)18-11-25-29-20(31)19(18)24/h1-4,11,15-17H,5-10,12H2,(H,28,33)(H,29,31)(H2,26,27,32)/t15-,16-,17-/m1/s1. The Hall–Kier alpha value is -2.98. The van der Waals surface area contributed by atoms with Crippen molar-refractivity contribution in [1.29, 1.82) is 0 Å². The summed E-state index contributed by atoms with van der Waals surface area (Å²) in [6, 6.07) is 6.67. The summed E-state index contributed by atoms with van der Waals surface area (Å²) in [7, 11) is 0. The quantitative estimate of drug-likeness (QED) is 0.489. The molecule has 1 saturated carbocycles. The molecule has 2 heterocycles. The Labute approximate surface area is 206 Å². The van der Waals surface area contributed by atoms with Crippen molar-refractivity contribution in [3.05, 3.63) is 50.9 Å². The zero-order valence-electron chi connectivity index (χ0n) is 18.4. The molecule has 34 heavy (non-hydrogen) atoms. The number of anilines is 2. The van der Waals surface area contributed by atoms with E-state index in [0.29, 0.717) is 35.9 Å². The van der Waals surface area contributed by atoms with Gasteiger partial charge < -0.3 is 25.6 Å². The molecule has 0 unspecified atom stereocenters. The van der Waals surface area contributed by atoms with Crippen LogP contribution in [0.15, 0.2) is 35.3 Å². The molecule has 1 saturated heterocycles. The molecule has 1 aliphatic carbocycles. The van der Waals surface area contributed by atoms with Crippen molar-refractivity contribution in [2.75, 3.05) is 23.3 Å². The van der Waals surface area contributed by atoms with Crippen molar-refractivity contribution in [2.24, 2.45) is 0 Å². The molecule has 2 aliphatic rings. The van der Waals surface area contributed by atoms with Crippen molar-refractivity contribution >= 4 is 46.7 Å². The maximum absolute atomic E-state index is 12.4. The molecule has 1 aliphatic heterocycles. The first-order valence-electron chi connectivity index (χ1n) is 11.2. The predicted octanol–water partition coefficient (Wildman–Crippen LogP) is 3.51. The second kappa shape index (κ2) is 11.0. The predicted molar refractivity (Wildman–Crippen MR) is 130 cm³/mol. The fraction of sp³-hybridized carbons (Fsp3) is 0.455. The summed E-state index contributed by atoms with van der Waals surface area (Å²) >= 11 is 11.9. The van der Waals surface area contributed by atoms with Gasteiger partial charge in [-0.25, -0.2) is 14.7 Å². The van der Waals surface area contributed by atoms with Crippen molar-refractivity contribution in [3.8, 4) is 0 Å². The number of aromatic amines is 1. The van der Waals surface area contributed by atoms with Gasteiger partial charge in [0.25, 0.3) is 5.56 Å². The Bertz CT molecular complexity index is 1070. The lowest BCUT2D eigenvalue weighted by molar-refractivity contribution is 0.102. The molecule has 3 amide bonds. The summed E-state index contributed by atoms with van der Waals surface area (Å²) in [5, 5.41) is 15.4. The molecule has 10 nitrogen and oxygen atoms in total. The molecule has 1 aromatic heterocycles. The number of aromatic nitrogens is 2. The van der Waals surface area contributed by atoms with E-state index in [9.17, 15) is 14.4 Å². The number of hydrogen-bond donors (Lipinski definition) is 4. The molecule has 12 heteroatoms. The lowest BCUT2D eigenvalue weighted by Gasteiger charge is -2.29. The average Bonchev–Trinajstić information content (AvgIpc) is 3.26. The highest BCUT2D eigenvalue weighted by Gasteiger charge is 2.29. The van der Waals surface area contributed by atoms with Crippen LogP contribution in [0.3, 0.4) is 0 Å². The Balaban J connectivity index is 1.16. The molecular weight excluding hydrogens is 483 g/mol. The van der Waals surface area contributed by atoms with E-state index in [-0.39, 0.29) is 29.2 Å². The molecule has 0 bridgehead atoms. The summed E-state index contributed by atoms with van der Waals surface area (Å²) < 4.78 is 5.57. The van der Waals surface area contributed by atoms with Crippen LogP contribution in [-0.2, 0) is 4.74 Å². The molecule has 4 rings (SSSR count). The van der Waals surface area contributed by atoms with Gasteiger partial charge in [0.1, 0.15) is 11.1 Å². The number of rotatable bonds is 5. The first-order chi connectivity index (χ1) is 16.4. The van der Waals surface area contributed by atoms with Gasteiger partial charge in [-0.1, -0.05) is 23.2 Å². The summed E-state index contributed by atoms with van der Waals surface area (Å²) in [5.74, 6) is 0. The highest BCUT2D eigenvalue weighted by atomic mass is 35.5. The molecule has 2 fully saturated rings. The molecule has 182 valence electrons. The van der Waals surface area contributed by atoms with E-state index >= 15 is 0 Å². The van der Waals surface area contributed by atoms with Crippen LogP contribution in [0.2, 0.25) is 10.0 Å². The van der Waals surface area contributed by atoms with E-state index in [1.807, 2.05) is 4.90 Å². The third kappa shape index (κ3) is 6.32. The number of alkyl carbamates (subject to hydrolysis) is 1. The fourth-order valence-corrected chi connectivity index (χ4v) is 4.59. The second-order valence-corrected chi connectivity index (χ2v) is 9.27. The van der Waals surface area contributed by atoms with E-state index in [2.05, 4.69) is 26.1 Å². The van der Waals surface area contributed by atoms with Crippen LogP contribution >= 0.6 is 23.2 Å². The number of urea groups is 1. The average molecular weight is 509 g/mol. The maximum Gasteiger partial charge on any atom is 0.407 e. The second-order valence-electron chi connectivity index (χ2n) is 8.46. The number of nitrogens with zero attached hydrogens (tertiary/aromatic N) is 2. The number of carbonyl (C=O) groups is 2. The Morgan fingerprint density at radius 1 is 1.03 bits per heavy atom. The summed E-state index contributed by atoms with van der Waals surface area (Å²) in [5.41, 5.74) is 0.750. The van der Waals surface area contributed by atoms with Gasteiger partial charge >= 0.3 is 12.1 Å². The number of carbonyl (C=O) groups excluding carboxylic acids is 2. The molecule has 0 radical (unpaired) electrons. The summed E-state index contributed by atoms with van der Waals surface area (Å²) in [4.78, 5) is 38.1. The first kappa shape index (κ1) is 24.2. The highest BCUT2D eigenvalue weighted by molar-refractivity contribution is 6.33. The number of ether oxygens (including phenoxy) is 1. The van der Waals surface area contributed by atoms with Crippen molar-refractivity contribution in [1.82, 2.24) is 20.8 Å². The van der Waals surface area contributed by atoms with Gasteiger partial charge in [0, 0.05) is 35.8 Å². The van der Waals surface area contributed by atoms with Gasteiger partial charge in [0.2, 0.25) is 0 Å². The molecule has 2 aromatic rings. The molecule has 0 spiro atoms. The molecule has 1 atom stereocenters. The van der Waals surface area contributed by atoms with Crippen LogP contribution in [0.5, 0.6) is 0 Å². The molecular formula is C22H26Cl2N6O4. The lowest BCUT2D eigenvalue weighted by atomic mass is 9.91. The van der Waals surface area contributed by atoms with Gasteiger partial charge in [-0.3, -0.25) is 4.79 Å². The number of benzene rings is 1. The van der Waals surface area contributed by atoms with Crippen LogP contribution in [0.1, 0.15) is 32.1 Å². The fourth-order valence-electron chi connectivity index (χ4n) is 4.26. The lowest BCUT2D eigenvalue weighted by Crippen LogP contribution is -2.45. The van der Waals surface area contributed by atoms with Gasteiger partial charge in [-0.05, 0) is 49.9 Å².